The molecule has 0 bridgehead atoms. The van der Waals surface area contributed by atoms with Gasteiger partial charge in [-0.15, -0.1) is 0 Å². The van der Waals surface area contributed by atoms with Gasteiger partial charge in [0.05, 0.1) is 5.56 Å². The van der Waals surface area contributed by atoms with Crippen molar-refractivity contribution < 1.29 is 18.6 Å². The Morgan fingerprint density at radius 3 is 2.36 bits per heavy atom. The normalized spacial score (nSPS) is 10.8. The first kappa shape index (κ1) is 16.0. The van der Waals surface area contributed by atoms with E-state index in [0.717, 1.165) is 17.7 Å². The highest BCUT2D eigenvalue weighted by Crippen LogP contribution is 2.31. The van der Waals surface area contributed by atoms with Crippen LogP contribution in [0.2, 0.25) is 0 Å². The molecule has 1 N–H and O–H groups in total. The molecular weight excluding hydrogens is 286 g/mol. The van der Waals surface area contributed by atoms with Crippen LogP contribution in [0.3, 0.4) is 0 Å². The van der Waals surface area contributed by atoms with Crippen LogP contribution in [0.15, 0.2) is 48.7 Å². The van der Waals surface area contributed by atoms with E-state index < -0.39 is 11.6 Å². The molecule has 2 aromatic carbocycles. The van der Waals surface area contributed by atoms with E-state index in [2.05, 4.69) is 6.58 Å². The van der Waals surface area contributed by atoms with Gasteiger partial charge in [-0.3, -0.25) is 0 Å². The Balaban J connectivity index is 2.39. The Morgan fingerprint density at radius 2 is 1.82 bits per heavy atom. The van der Waals surface area contributed by atoms with E-state index in [9.17, 15) is 8.78 Å². The molecular formula is C18H18F2O2. The van der Waals surface area contributed by atoms with Crippen LogP contribution in [-0.2, 0) is 0 Å². The van der Waals surface area contributed by atoms with Gasteiger partial charge in [-0.05, 0) is 17.0 Å². The molecule has 0 heterocycles. The average Bonchev–Trinajstić information content (AvgIpc) is 2.44. The first-order valence-electron chi connectivity index (χ1n) is 6.97. The Labute approximate surface area is 128 Å². The van der Waals surface area contributed by atoms with E-state index in [0.29, 0.717) is 5.56 Å². The molecule has 0 aliphatic carbocycles. The van der Waals surface area contributed by atoms with Crippen LogP contribution in [0.25, 0.3) is 11.1 Å². The van der Waals surface area contributed by atoms with Gasteiger partial charge in [0.2, 0.25) is 0 Å². The van der Waals surface area contributed by atoms with Crippen molar-refractivity contribution >= 4 is 0 Å². The highest BCUT2D eigenvalue weighted by Gasteiger charge is 2.15. The van der Waals surface area contributed by atoms with Gasteiger partial charge < -0.3 is 9.84 Å². The molecule has 0 saturated heterocycles. The molecule has 0 saturated carbocycles. The number of halogens is 2. The molecule has 0 aromatic heterocycles. The number of aliphatic hydroxyl groups excluding tert-OH is 1. The zero-order chi connectivity index (χ0) is 16.3. The summed E-state index contributed by atoms with van der Waals surface area (Å²) in [5.74, 6) is -1.35. The summed E-state index contributed by atoms with van der Waals surface area (Å²) in [6.07, 6.45) is 0. The molecule has 2 rings (SSSR count). The first-order chi connectivity index (χ1) is 10.4. The van der Waals surface area contributed by atoms with Gasteiger partial charge in [0.25, 0.3) is 0 Å². The molecule has 0 aliphatic rings. The molecule has 0 atom stereocenters. The monoisotopic (exact) mass is 304 g/mol. The van der Waals surface area contributed by atoms with E-state index in [-0.39, 0.29) is 29.6 Å². The number of benzene rings is 2. The topological polar surface area (TPSA) is 29.5 Å². The maximum Gasteiger partial charge on any atom is 0.144 e. The summed E-state index contributed by atoms with van der Waals surface area (Å²) < 4.78 is 33.6. The SMILES string of the molecule is C=C(O)COc1cc(F)c(-c2cccc(C(C)C)c2)c(F)c1. The summed E-state index contributed by atoms with van der Waals surface area (Å²) in [6.45, 7) is 7.08. The van der Waals surface area contributed by atoms with Crippen molar-refractivity contribution in [1.29, 1.82) is 0 Å². The predicted molar refractivity (Wildman–Crippen MR) is 83.1 cm³/mol. The largest absolute Gasteiger partial charge is 0.509 e. The van der Waals surface area contributed by atoms with E-state index >= 15 is 0 Å². The maximum absolute atomic E-state index is 14.2. The minimum absolute atomic E-state index is 0.00830. The summed E-state index contributed by atoms with van der Waals surface area (Å²) in [5, 5.41) is 8.96. The highest BCUT2D eigenvalue weighted by molar-refractivity contribution is 5.66. The van der Waals surface area contributed by atoms with E-state index in [1.807, 2.05) is 19.9 Å². The van der Waals surface area contributed by atoms with Crippen LogP contribution in [0.5, 0.6) is 5.75 Å². The Hall–Kier alpha value is -2.36. The van der Waals surface area contributed by atoms with Crippen LogP contribution in [0.4, 0.5) is 8.78 Å². The number of rotatable bonds is 5. The van der Waals surface area contributed by atoms with Crippen molar-refractivity contribution in [2.24, 2.45) is 0 Å². The van der Waals surface area contributed by atoms with E-state index in [1.165, 1.54) is 0 Å². The minimum atomic E-state index is -0.709. The van der Waals surface area contributed by atoms with Gasteiger partial charge in [0.1, 0.15) is 29.8 Å². The molecule has 0 aliphatic heterocycles. The Morgan fingerprint density at radius 1 is 1.18 bits per heavy atom. The Bertz CT molecular complexity index is 670. The first-order valence-corrected chi connectivity index (χ1v) is 6.97. The summed E-state index contributed by atoms with van der Waals surface area (Å²) >= 11 is 0. The van der Waals surface area contributed by atoms with Crippen molar-refractivity contribution in [3.8, 4) is 16.9 Å². The second kappa shape index (κ2) is 6.60. The van der Waals surface area contributed by atoms with Gasteiger partial charge >= 0.3 is 0 Å². The van der Waals surface area contributed by atoms with Gasteiger partial charge in [-0.2, -0.15) is 0 Å². The third-order valence-corrected chi connectivity index (χ3v) is 3.26. The fourth-order valence-electron chi connectivity index (χ4n) is 2.13. The fourth-order valence-corrected chi connectivity index (χ4v) is 2.13. The molecule has 0 amide bonds. The molecule has 116 valence electrons. The molecule has 2 nitrogen and oxygen atoms in total. The zero-order valence-corrected chi connectivity index (χ0v) is 12.6. The van der Waals surface area contributed by atoms with Crippen LogP contribution < -0.4 is 4.74 Å². The van der Waals surface area contributed by atoms with E-state index in [4.69, 9.17) is 9.84 Å². The number of aliphatic hydroxyl groups is 1. The molecule has 22 heavy (non-hydrogen) atoms. The van der Waals surface area contributed by atoms with Gasteiger partial charge in [-0.25, -0.2) is 8.78 Å². The van der Waals surface area contributed by atoms with Crippen LogP contribution in [0, 0.1) is 11.6 Å². The van der Waals surface area contributed by atoms with Crippen molar-refractivity contribution in [2.45, 2.75) is 19.8 Å². The maximum atomic E-state index is 14.2. The number of hydrogen-bond acceptors (Lipinski definition) is 2. The fraction of sp³-hybridized carbons (Fsp3) is 0.222. The second-order valence-corrected chi connectivity index (χ2v) is 5.40. The lowest BCUT2D eigenvalue weighted by Crippen LogP contribution is -2.01. The lowest BCUT2D eigenvalue weighted by molar-refractivity contribution is 0.270. The third-order valence-electron chi connectivity index (χ3n) is 3.26. The summed E-state index contributed by atoms with van der Waals surface area (Å²) in [6, 6.07) is 9.36. The standard InChI is InChI=1S/C18H18F2O2/c1-11(2)13-5-4-6-14(7-13)18-16(19)8-15(9-17(18)20)22-10-12(3)21/h4-9,11,21H,3,10H2,1-2H3. The van der Waals surface area contributed by atoms with Crippen LogP contribution >= 0.6 is 0 Å². The Kier molecular flexibility index (Phi) is 4.81. The predicted octanol–water partition coefficient (Wildman–Crippen LogP) is 5.21. The number of ether oxygens (including phenoxy) is 1. The smallest absolute Gasteiger partial charge is 0.144 e. The summed E-state index contributed by atoms with van der Waals surface area (Å²) in [4.78, 5) is 0. The lowest BCUT2D eigenvalue weighted by atomic mass is 9.97. The lowest BCUT2D eigenvalue weighted by Gasteiger charge is -2.12. The van der Waals surface area contributed by atoms with Crippen LogP contribution in [0.1, 0.15) is 25.3 Å². The molecule has 4 heteroatoms. The minimum Gasteiger partial charge on any atom is -0.509 e. The summed E-state index contributed by atoms with van der Waals surface area (Å²) in [5.41, 5.74) is 1.41. The van der Waals surface area contributed by atoms with Crippen molar-refractivity contribution in [2.75, 3.05) is 6.61 Å². The molecule has 0 radical (unpaired) electrons. The third kappa shape index (κ3) is 3.64. The molecule has 0 fully saturated rings. The molecule has 2 aromatic rings. The van der Waals surface area contributed by atoms with Gasteiger partial charge in [0.15, 0.2) is 0 Å². The quantitative estimate of drug-likeness (QED) is 0.769. The van der Waals surface area contributed by atoms with Crippen LogP contribution in [-0.4, -0.2) is 11.7 Å². The zero-order valence-electron chi connectivity index (χ0n) is 12.6. The van der Waals surface area contributed by atoms with Crippen molar-refractivity contribution in [1.82, 2.24) is 0 Å². The van der Waals surface area contributed by atoms with E-state index in [1.54, 1.807) is 18.2 Å². The average molecular weight is 304 g/mol. The number of hydrogen-bond donors (Lipinski definition) is 1. The van der Waals surface area contributed by atoms with Gasteiger partial charge in [0, 0.05) is 12.1 Å². The van der Waals surface area contributed by atoms with Crippen molar-refractivity contribution in [3.63, 3.8) is 0 Å². The molecule has 0 unspecified atom stereocenters. The summed E-state index contributed by atoms with van der Waals surface area (Å²) in [7, 11) is 0. The second-order valence-electron chi connectivity index (χ2n) is 5.40. The van der Waals surface area contributed by atoms with Gasteiger partial charge in [-0.1, -0.05) is 44.7 Å². The highest BCUT2D eigenvalue weighted by atomic mass is 19.1. The molecule has 0 spiro atoms. The van der Waals surface area contributed by atoms with Crippen molar-refractivity contribution in [3.05, 3.63) is 65.9 Å².